The Hall–Kier alpha value is -3.45. The number of aryl methyl sites for hydroxylation is 1. The van der Waals surface area contributed by atoms with Crippen LogP contribution >= 0.6 is 0 Å². The van der Waals surface area contributed by atoms with Crippen LogP contribution in [0.5, 0.6) is 11.6 Å². The molecule has 5 atom stereocenters. The van der Waals surface area contributed by atoms with Crippen LogP contribution in [0.1, 0.15) is 73.3 Å². The molecule has 2 aliphatic heterocycles. The number of aromatic nitrogens is 1. The predicted octanol–water partition coefficient (Wildman–Crippen LogP) is 6.77. The van der Waals surface area contributed by atoms with E-state index in [2.05, 4.69) is 40.2 Å². The topological polar surface area (TPSA) is 71.9 Å². The Morgan fingerprint density at radius 1 is 1.15 bits per heavy atom. The fourth-order valence-corrected chi connectivity index (χ4v) is 7.25. The Kier molecular flexibility index (Phi) is 6.73. The summed E-state index contributed by atoms with van der Waals surface area (Å²) >= 11 is 0. The highest BCUT2D eigenvalue weighted by Crippen LogP contribution is 2.49. The van der Waals surface area contributed by atoms with E-state index in [-0.39, 0.29) is 17.8 Å². The number of piperidine rings is 1. The molecule has 1 aromatic heterocycles. The van der Waals surface area contributed by atoms with E-state index in [0.717, 1.165) is 72.7 Å². The Bertz CT molecular complexity index is 1490. The molecule has 1 saturated heterocycles. The summed E-state index contributed by atoms with van der Waals surface area (Å²) in [5, 5.41) is 9.75. The first-order chi connectivity index (χ1) is 19.9. The third kappa shape index (κ3) is 5.09. The zero-order chi connectivity index (χ0) is 28.2. The van der Waals surface area contributed by atoms with Crippen LogP contribution in [0.2, 0.25) is 0 Å². The van der Waals surface area contributed by atoms with Gasteiger partial charge in [-0.3, -0.25) is 9.69 Å². The second kappa shape index (κ2) is 10.4. The largest absolute Gasteiger partial charge is 0.485 e. The van der Waals surface area contributed by atoms with E-state index in [1.54, 1.807) is 13.2 Å². The lowest BCUT2D eigenvalue weighted by atomic mass is 9.82. The van der Waals surface area contributed by atoms with E-state index in [1.165, 1.54) is 24.6 Å². The van der Waals surface area contributed by atoms with Crippen LogP contribution in [-0.2, 0) is 17.8 Å². The summed E-state index contributed by atoms with van der Waals surface area (Å²) in [5.41, 5.74) is 5.78. The number of likely N-dealkylation sites (tertiary alicyclic amines) is 1. The third-order valence-electron chi connectivity index (χ3n) is 9.82. The van der Waals surface area contributed by atoms with E-state index in [0.29, 0.717) is 23.4 Å². The van der Waals surface area contributed by atoms with Gasteiger partial charge in [0.1, 0.15) is 17.7 Å². The van der Waals surface area contributed by atoms with Gasteiger partial charge in [0.25, 0.3) is 0 Å². The Labute approximate surface area is 240 Å². The van der Waals surface area contributed by atoms with Gasteiger partial charge >= 0.3 is 5.97 Å². The highest BCUT2D eigenvalue weighted by molar-refractivity contribution is 5.71. The lowest BCUT2D eigenvalue weighted by Crippen LogP contribution is -2.23. The van der Waals surface area contributed by atoms with Crippen molar-refractivity contribution in [1.82, 2.24) is 9.88 Å². The van der Waals surface area contributed by atoms with Crippen LogP contribution < -0.4 is 9.47 Å². The molecule has 2 aliphatic carbocycles. The number of rotatable bonds is 9. The molecule has 2 aromatic carbocycles. The van der Waals surface area contributed by atoms with Crippen molar-refractivity contribution in [1.29, 1.82) is 0 Å². The number of aliphatic carboxylic acids is 1. The number of ether oxygens (including phenoxy) is 2. The monoisotopic (exact) mass is 556 g/mol. The molecule has 0 bridgehead atoms. The molecule has 2 unspecified atom stereocenters. The minimum absolute atomic E-state index is 0.00613. The number of benzene rings is 2. The minimum Gasteiger partial charge on any atom is -0.485 e. The van der Waals surface area contributed by atoms with Crippen molar-refractivity contribution in [2.24, 2.45) is 17.8 Å². The maximum absolute atomic E-state index is 15.1. The number of pyridine rings is 1. The summed E-state index contributed by atoms with van der Waals surface area (Å²) in [6, 6.07) is 14.9. The van der Waals surface area contributed by atoms with Gasteiger partial charge in [-0.25, -0.2) is 9.37 Å². The Balaban J connectivity index is 1.20. The van der Waals surface area contributed by atoms with Gasteiger partial charge in [-0.15, -0.1) is 0 Å². The summed E-state index contributed by atoms with van der Waals surface area (Å²) < 4.78 is 27.0. The maximum atomic E-state index is 15.1. The van der Waals surface area contributed by atoms with Gasteiger partial charge in [0.2, 0.25) is 5.88 Å². The van der Waals surface area contributed by atoms with Crippen LogP contribution in [0.15, 0.2) is 48.7 Å². The molecular formula is C34H37FN2O4. The Morgan fingerprint density at radius 2 is 2.00 bits per heavy atom. The second-order valence-electron chi connectivity index (χ2n) is 12.4. The zero-order valence-corrected chi connectivity index (χ0v) is 23.7. The predicted molar refractivity (Wildman–Crippen MR) is 154 cm³/mol. The molecule has 0 amide bonds. The van der Waals surface area contributed by atoms with Gasteiger partial charge in [0, 0.05) is 24.2 Å². The van der Waals surface area contributed by atoms with E-state index >= 15 is 4.39 Å². The number of hydrogen-bond donors (Lipinski definition) is 1. The lowest BCUT2D eigenvalue weighted by Gasteiger charge is -2.29. The molecule has 1 N–H and O–H groups in total. The molecule has 3 heterocycles. The summed E-state index contributed by atoms with van der Waals surface area (Å²) in [7, 11) is 1.55. The summed E-state index contributed by atoms with van der Waals surface area (Å²) in [4.78, 5) is 18.4. The molecule has 0 spiro atoms. The van der Waals surface area contributed by atoms with E-state index in [4.69, 9.17) is 9.47 Å². The van der Waals surface area contributed by atoms with E-state index in [1.807, 2.05) is 13.0 Å². The van der Waals surface area contributed by atoms with Crippen LogP contribution in [0.3, 0.4) is 0 Å². The molecule has 2 saturated carbocycles. The number of fused-ring (bicyclic) bond motifs is 2. The molecular weight excluding hydrogens is 519 g/mol. The first-order valence-electron chi connectivity index (χ1n) is 15.0. The number of hydrogen-bond acceptors (Lipinski definition) is 5. The van der Waals surface area contributed by atoms with Gasteiger partial charge in [0.15, 0.2) is 0 Å². The number of methoxy groups -OCH3 is 1. The fourth-order valence-electron chi connectivity index (χ4n) is 7.25. The Morgan fingerprint density at radius 3 is 2.71 bits per heavy atom. The number of carboxylic acids is 1. The minimum atomic E-state index is -0.746. The van der Waals surface area contributed by atoms with E-state index < -0.39 is 11.9 Å². The molecule has 7 heteroatoms. The van der Waals surface area contributed by atoms with Gasteiger partial charge in [-0.2, -0.15) is 0 Å². The smallest absolute Gasteiger partial charge is 0.306 e. The first-order valence-corrected chi connectivity index (χ1v) is 15.0. The van der Waals surface area contributed by atoms with Gasteiger partial charge in [-0.1, -0.05) is 37.3 Å². The molecule has 6 nitrogen and oxygen atoms in total. The van der Waals surface area contributed by atoms with Crippen molar-refractivity contribution in [3.05, 3.63) is 76.7 Å². The fraction of sp³-hybridized carbons (Fsp3) is 0.471. The average Bonchev–Trinajstić information content (AvgIpc) is 3.92. The number of halogens is 1. The van der Waals surface area contributed by atoms with Crippen molar-refractivity contribution in [3.63, 3.8) is 0 Å². The van der Waals surface area contributed by atoms with Crippen molar-refractivity contribution >= 4 is 5.97 Å². The molecule has 7 rings (SSSR count). The normalized spacial score (nSPS) is 24.6. The molecule has 3 fully saturated rings. The molecule has 4 aliphatic rings. The number of nitrogens with zero attached hydrogens (tertiary/aromatic N) is 2. The van der Waals surface area contributed by atoms with Crippen LogP contribution in [0.4, 0.5) is 4.39 Å². The van der Waals surface area contributed by atoms with Crippen molar-refractivity contribution in [2.75, 3.05) is 13.7 Å². The second-order valence-corrected chi connectivity index (χ2v) is 12.4. The van der Waals surface area contributed by atoms with Gasteiger partial charge in [0.05, 0.1) is 19.2 Å². The van der Waals surface area contributed by atoms with Gasteiger partial charge < -0.3 is 14.6 Å². The molecule has 3 aromatic rings. The first kappa shape index (κ1) is 26.4. The number of carbonyl (C=O) groups is 1. The quantitative estimate of drug-likeness (QED) is 0.314. The highest BCUT2D eigenvalue weighted by atomic mass is 19.1. The van der Waals surface area contributed by atoms with Gasteiger partial charge in [-0.05, 0) is 96.7 Å². The van der Waals surface area contributed by atoms with Crippen molar-refractivity contribution in [2.45, 2.75) is 70.1 Å². The van der Waals surface area contributed by atoms with Crippen LogP contribution in [-0.4, -0.2) is 40.7 Å². The SMILES string of the molecule is COc1cc(-c2ccc([C@@H]3CCc4ccc([C@H](C5CC5)[C@H](C)C(=O)O)cc4O3)cc2CN2CCC3CC32)c(F)cn1. The van der Waals surface area contributed by atoms with E-state index in [9.17, 15) is 9.90 Å². The van der Waals surface area contributed by atoms with Crippen LogP contribution in [0, 0.1) is 23.6 Å². The third-order valence-corrected chi connectivity index (χ3v) is 9.82. The zero-order valence-electron chi connectivity index (χ0n) is 23.7. The number of carboxylic acid groups (broad SMARTS) is 1. The summed E-state index contributed by atoms with van der Waals surface area (Å²) in [6.07, 6.45) is 7.54. The van der Waals surface area contributed by atoms with Crippen LogP contribution in [0.25, 0.3) is 11.1 Å². The molecule has 0 radical (unpaired) electrons. The standard InChI is InChI=1S/C34H37FN2O4/c1-19(34(38)39)33(21-4-5-21)24-6-3-20-8-10-30(41-31(20)15-24)23-7-9-26(27-16-32(40-2)36-17-28(27)35)25(13-23)18-37-12-11-22-14-29(22)37/h3,6-7,9,13,15-17,19,21-22,29-30,33H,4-5,8,10-12,14,18H2,1-2H3,(H,38,39)/t19-,22?,29?,30-,33-/m0/s1. The average molecular weight is 557 g/mol. The summed E-state index contributed by atoms with van der Waals surface area (Å²) in [5.74, 6) is 0.965. The molecule has 41 heavy (non-hydrogen) atoms. The lowest BCUT2D eigenvalue weighted by molar-refractivity contribution is -0.142. The van der Waals surface area contributed by atoms with Crippen molar-refractivity contribution < 1.29 is 23.8 Å². The molecule has 214 valence electrons. The summed E-state index contributed by atoms with van der Waals surface area (Å²) in [6.45, 7) is 3.68. The maximum Gasteiger partial charge on any atom is 0.306 e. The highest BCUT2D eigenvalue weighted by Gasteiger charge is 2.46. The van der Waals surface area contributed by atoms with Crippen molar-refractivity contribution in [3.8, 4) is 22.8 Å².